The van der Waals surface area contributed by atoms with Crippen LogP contribution in [0.2, 0.25) is 0 Å². The fourth-order valence-corrected chi connectivity index (χ4v) is 2.93. The van der Waals surface area contributed by atoms with Crippen molar-refractivity contribution in [2.45, 2.75) is 12.8 Å². The van der Waals surface area contributed by atoms with Crippen LogP contribution >= 0.6 is 0 Å². The highest BCUT2D eigenvalue weighted by Gasteiger charge is 2.11. The number of aliphatic hydroxyl groups excluding tert-OH is 2. The Labute approximate surface area is 136 Å². The number of β-amino-alcohol motifs (C(OH)–C–C–N with tert-alkyl or cyclic N) is 2. The first-order chi connectivity index (χ1) is 10.7. The van der Waals surface area contributed by atoms with Gasteiger partial charge in [0.1, 0.15) is 0 Å². The topological polar surface area (TPSA) is 53.4 Å². The van der Waals surface area contributed by atoms with Gasteiger partial charge >= 0.3 is 0 Å². The van der Waals surface area contributed by atoms with Crippen molar-refractivity contribution in [2.75, 3.05) is 92.8 Å². The summed E-state index contributed by atoms with van der Waals surface area (Å²) in [5.74, 6) is 0. The van der Waals surface area contributed by atoms with E-state index in [2.05, 4.69) is 33.7 Å². The summed E-state index contributed by atoms with van der Waals surface area (Å²) in [6, 6.07) is 0. The van der Waals surface area contributed by atoms with E-state index in [1.165, 1.54) is 6.42 Å². The Balaban J connectivity index is 2.51. The third-order valence-corrected chi connectivity index (χ3v) is 4.46. The summed E-state index contributed by atoms with van der Waals surface area (Å²) in [6.07, 6.45) is 2.28. The molecule has 0 saturated carbocycles. The minimum atomic E-state index is 0.231. The second-order valence-corrected chi connectivity index (χ2v) is 6.44. The van der Waals surface area contributed by atoms with Crippen LogP contribution in [0.4, 0.5) is 0 Å². The van der Waals surface area contributed by atoms with Crippen LogP contribution in [0, 0.1) is 0 Å². The largest absolute Gasteiger partial charge is 0.395 e. The highest BCUT2D eigenvalue weighted by atomic mass is 16.3. The van der Waals surface area contributed by atoms with E-state index in [-0.39, 0.29) is 13.2 Å². The van der Waals surface area contributed by atoms with Crippen molar-refractivity contribution in [1.29, 1.82) is 0 Å². The fraction of sp³-hybridized carbons (Fsp3) is 1.00. The molecular formula is C16H36N4O2. The van der Waals surface area contributed by atoms with Gasteiger partial charge in [-0.2, -0.15) is 0 Å². The lowest BCUT2D eigenvalue weighted by molar-refractivity contribution is 0.145. The van der Waals surface area contributed by atoms with Gasteiger partial charge in [0, 0.05) is 39.3 Å². The van der Waals surface area contributed by atoms with Crippen molar-refractivity contribution in [1.82, 2.24) is 19.6 Å². The number of hydrogen-bond acceptors (Lipinski definition) is 6. The molecule has 1 saturated heterocycles. The Morgan fingerprint density at radius 1 is 0.591 bits per heavy atom. The summed E-state index contributed by atoms with van der Waals surface area (Å²) in [5.41, 5.74) is 0. The van der Waals surface area contributed by atoms with Crippen LogP contribution in [0.5, 0.6) is 0 Å². The van der Waals surface area contributed by atoms with Crippen molar-refractivity contribution >= 4 is 0 Å². The average molecular weight is 316 g/mol. The number of aliphatic hydroxyl groups is 2. The summed E-state index contributed by atoms with van der Waals surface area (Å²) >= 11 is 0. The lowest BCUT2D eigenvalue weighted by Gasteiger charge is -2.29. The molecule has 1 heterocycles. The van der Waals surface area contributed by atoms with Gasteiger partial charge in [-0.3, -0.25) is 9.80 Å². The minimum Gasteiger partial charge on any atom is -0.395 e. The molecule has 0 atom stereocenters. The monoisotopic (exact) mass is 316 g/mol. The van der Waals surface area contributed by atoms with Gasteiger partial charge in [-0.15, -0.1) is 0 Å². The third-order valence-electron chi connectivity index (χ3n) is 4.46. The maximum atomic E-state index is 9.22. The standard InChI is InChI=1S/C16H36N4O2/c1-17-5-3-6-18(2)10-12-20(14-16-22)8-4-7-19(11-9-17)13-15-21/h21-22H,3-16H2,1-2H3. The zero-order valence-electron chi connectivity index (χ0n) is 14.6. The van der Waals surface area contributed by atoms with Crippen LogP contribution in [-0.4, -0.2) is 123 Å². The molecule has 0 unspecified atom stereocenters. The summed E-state index contributed by atoms with van der Waals surface area (Å²) in [6.45, 7) is 10.4. The van der Waals surface area contributed by atoms with Gasteiger partial charge in [0.05, 0.1) is 13.2 Å². The average Bonchev–Trinajstić information content (AvgIpc) is 2.49. The summed E-state index contributed by atoms with van der Waals surface area (Å²) in [7, 11) is 4.37. The van der Waals surface area contributed by atoms with Gasteiger partial charge < -0.3 is 20.0 Å². The Morgan fingerprint density at radius 2 is 1.00 bits per heavy atom. The molecule has 0 aromatic rings. The van der Waals surface area contributed by atoms with Crippen LogP contribution in [0.15, 0.2) is 0 Å². The van der Waals surface area contributed by atoms with Gasteiger partial charge in [-0.25, -0.2) is 0 Å². The molecule has 0 aromatic heterocycles. The highest BCUT2D eigenvalue weighted by Crippen LogP contribution is 2.00. The molecule has 0 spiro atoms. The molecule has 1 rings (SSSR count). The van der Waals surface area contributed by atoms with Crippen LogP contribution < -0.4 is 0 Å². The number of nitrogens with zero attached hydrogens (tertiary/aromatic N) is 4. The van der Waals surface area contributed by atoms with E-state index in [0.717, 1.165) is 71.9 Å². The third kappa shape index (κ3) is 9.02. The molecule has 1 aliphatic rings. The van der Waals surface area contributed by atoms with Crippen LogP contribution in [0.1, 0.15) is 12.8 Å². The normalized spacial score (nSPS) is 23.5. The molecule has 0 amide bonds. The second-order valence-electron chi connectivity index (χ2n) is 6.44. The van der Waals surface area contributed by atoms with E-state index in [9.17, 15) is 10.2 Å². The lowest BCUT2D eigenvalue weighted by atomic mass is 10.3. The van der Waals surface area contributed by atoms with Gasteiger partial charge in [0.2, 0.25) is 0 Å². The Bertz CT molecular complexity index is 245. The molecule has 6 nitrogen and oxygen atoms in total. The van der Waals surface area contributed by atoms with Crippen molar-refractivity contribution in [3.63, 3.8) is 0 Å². The zero-order chi connectivity index (χ0) is 16.2. The maximum absolute atomic E-state index is 9.22. The molecule has 1 aliphatic heterocycles. The summed E-state index contributed by atoms with van der Waals surface area (Å²) in [4.78, 5) is 9.49. The Kier molecular flexibility index (Phi) is 11.0. The molecule has 0 aliphatic carbocycles. The molecule has 22 heavy (non-hydrogen) atoms. The van der Waals surface area contributed by atoms with Crippen molar-refractivity contribution in [2.24, 2.45) is 0 Å². The van der Waals surface area contributed by atoms with E-state index >= 15 is 0 Å². The predicted octanol–water partition coefficient (Wildman–Crippen LogP) is -0.768. The molecule has 0 aromatic carbocycles. The van der Waals surface area contributed by atoms with E-state index in [4.69, 9.17) is 0 Å². The van der Waals surface area contributed by atoms with E-state index < -0.39 is 0 Å². The van der Waals surface area contributed by atoms with Crippen molar-refractivity contribution < 1.29 is 10.2 Å². The van der Waals surface area contributed by atoms with Gasteiger partial charge in [0.15, 0.2) is 0 Å². The van der Waals surface area contributed by atoms with Gasteiger partial charge in [0.25, 0.3) is 0 Å². The first-order valence-electron chi connectivity index (χ1n) is 8.69. The highest BCUT2D eigenvalue weighted by molar-refractivity contribution is 4.67. The van der Waals surface area contributed by atoms with Crippen LogP contribution in [0.25, 0.3) is 0 Å². The van der Waals surface area contributed by atoms with Crippen LogP contribution in [0.3, 0.4) is 0 Å². The molecule has 132 valence electrons. The predicted molar refractivity (Wildman–Crippen MR) is 91.3 cm³/mol. The second kappa shape index (κ2) is 12.2. The fourth-order valence-electron chi connectivity index (χ4n) is 2.93. The smallest absolute Gasteiger partial charge is 0.0558 e. The molecular weight excluding hydrogens is 280 g/mol. The summed E-state index contributed by atoms with van der Waals surface area (Å²) in [5, 5.41) is 18.4. The van der Waals surface area contributed by atoms with E-state index in [1.807, 2.05) is 0 Å². The number of likely N-dealkylation sites (N-methyl/N-ethyl adjacent to an activating group) is 2. The Morgan fingerprint density at radius 3 is 1.41 bits per heavy atom. The first kappa shape index (κ1) is 19.8. The van der Waals surface area contributed by atoms with Gasteiger partial charge in [-0.05, 0) is 53.1 Å². The molecule has 2 N–H and O–H groups in total. The lowest BCUT2D eigenvalue weighted by Crippen LogP contribution is -2.40. The molecule has 0 bridgehead atoms. The first-order valence-corrected chi connectivity index (χ1v) is 8.69. The van der Waals surface area contributed by atoms with E-state index in [0.29, 0.717) is 0 Å². The van der Waals surface area contributed by atoms with Crippen molar-refractivity contribution in [3.8, 4) is 0 Å². The number of hydrogen-bond donors (Lipinski definition) is 2. The van der Waals surface area contributed by atoms with Crippen molar-refractivity contribution in [3.05, 3.63) is 0 Å². The minimum absolute atomic E-state index is 0.231. The SMILES string of the molecule is CN1CCCN(C)CCN(CCO)CCCN(CCO)CC1. The summed E-state index contributed by atoms with van der Waals surface area (Å²) < 4.78 is 0. The number of rotatable bonds is 4. The zero-order valence-corrected chi connectivity index (χ0v) is 14.6. The quantitative estimate of drug-likeness (QED) is 0.711. The van der Waals surface area contributed by atoms with Gasteiger partial charge in [-0.1, -0.05) is 0 Å². The van der Waals surface area contributed by atoms with E-state index in [1.54, 1.807) is 0 Å². The van der Waals surface area contributed by atoms with Crippen LogP contribution in [-0.2, 0) is 0 Å². The molecule has 6 heteroatoms. The Hall–Kier alpha value is -0.240. The molecule has 0 radical (unpaired) electrons. The molecule has 1 fully saturated rings. The maximum Gasteiger partial charge on any atom is 0.0558 e.